The average Bonchev–Trinajstić information content (AvgIpc) is 3.33. The van der Waals surface area contributed by atoms with Crippen LogP contribution in [-0.4, -0.2) is 27.5 Å². The second-order valence-corrected chi connectivity index (χ2v) is 11.0. The lowest BCUT2D eigenvalue weighted by Crippen LogP contribution is -2.35. The molecule has 0 saturated carbocycles. The number of thiophene rings is 1. The van der Waals surface area contributed by atoms with Crippen molar-refractivity contribution >= 4 is 22.2 Å². The highest BCUT2D eigenvalue weighted by atomic mass is 32.1. The van der Waals surface area contributed by atoms with E-state index in [0.717, 1.165) is 17.9 Å². The molecule has 32 heavy (non-hydrogen) atoms. The number of hydrogen-bond donors (Lipinski definition) is 1. The Labute approximate surface area is 195 Å². The Bertz CT molecular complexity index is 1270. The molecule has 0 unspecified atom stereocenters. The van der Waals surface area contributed by atoms with Crippen LogP contribution in [0.4, 0.5) is 0 Å². The highest BCUT2D eigenvalue weighted by Crippen LogP contribution is 2.40. The fraction of sp³-hybridized carbons (Fsp3) is 0.393. The van der Waals surface area contributed by atoms with E-state index >= 15 is 0 Å². The van der Waals surface area contributed by atoms with E-state index < -0.39 is 0 Å². The minimum absolute atomic E-state index is 0.430. The van der Waals surface area contributed by atoms with E-state index in [-0.39, 0.29) is 0 Å². The number of aryl methyl sites for hydroxylation is 2. The van der Waals surface area contributed by atoms with Crippen LogP contribution in [-0.2, 0) is 13.0 Å². The molecular weight excluding hydrogens is 410 g/mol. The maximum Gasteiger partial charge on any atom is 0.0501 e. The molecule has 0 spiro atoms. The van der Waals surface area contributed by atoms with Crippen LogP contribution in [0, 0.1) is 13.8 Å². The van der Waals surface area contributed by atoms with Crippen molar-refractivity contribution in [3.8, 4) is 21.7 Å². The van der Waals surface area contributed by atoms with Crippen molar-refractivity contribution in [1.82, 2.24) is 14.9 Å². The fourth-order valence-corrected chi connectivity index (χ4v) is 6.33. The van der Waals surface area contributed by atoms with Gasteiger partial charge in [0.15, 0.2) is 0 Å². The summed E-state index contributed by atoms with van der Waals surface area (Å²) in [6.07, 6.45) is 1.17. The van der Waals surface area contributed by atoms with Gasteiger partial charge < -0.3 is 4.98 Å². The van der Waals surface area contributed by atoms with E-state index in [2.05, 4.69) is 92.8 Å². The summed E-state index contributed by atoms with van der Waals surface area (Å²) in [6, 6.07) is 14.4. The number of rotatable bonds is 4. The van der Waals surface area contributed by atoms with Crippen LogP contribution >= 0.6 is 11.3 Å². The summed E-state index contributed by atoms with van der Waals surface area (Å²) < 4.78 is 0. The first-order chi connectivity index (χ1) is 15.3. The van der Waals surface area contributed by atoms with E-state index in [4.69, 9.17) is 0 Å². The first kappa shape index (κ1) is 21.4. The van der Waals surface area contributed by atoms with Gasteiger partial charge in [-0.05, 0) is 87.1 Å². The smallest absolute Gasteiger partial charge is 0.0501 e. The lowest BCUT2D eigenvalue weighted by atomic mass is 9.95. The summed E-state index contributed by atoms with van der Waals surface area (Å²) in [5.41, 5.74) is 10.1. The molecule has 0 aliphatic carbocycles. The molecule has 166 valence electrons. The summed E-state index contributed by atoms with van der Waals surface area (Å²) in [7, 11) is 0. The van der Waals surface area contributed by atoms with Gasteiger partial charge in [-0.25, -0.2) is 0 Å². The minimum Gasteiger partial charge on any atom is -0.354 e. The topological polar surface area (TPSA) is 31.9 Å². The number of pyridine rings is 1. The molecule has 0 bridgehead atoms. The van der Waals surface area contributed by atoms with Gasteiger partial charge in [0.05, 0.1) is 5.69 Å². The Balaban J connectivity index is 1.60. The summed E-state index contributed by atoms with van der Waals surface area (Å²) in [5, 5.41) is 1.34. The third-order valence-corrected chi connectivity index (χ3v) is 7.92. The largest absolute Gasteiger partial charge is 0.354 e. The van der Waals surface area contributed by atoms with Crippen molar-refractivity contribution < 1.29 is 0 Å². The Morgan fingerprint density at radius 2 is 1.72 bits per heavy atom. The number of fused-ring (bicyclic) bond motifs is 2. The molecule has 4 aromatic rings. The van der Waals surface area contributed by atoms with Crippen molar-refractivity contribution in [2.24, 2.45) is 0 Å². The first-order valence-electron chi connectivity index (χ1n) is 11.8. The number of nitrogens with zero attached hydrogens (tertiary/aromatic N) is 2. The summed E-state index contributed by atoms with van der Waals surface area (Å²) in [5.74, 6) is 0.430. The molecule has 3 aromatic heterocycles. The van der Waals surface area contributed by atoms with Crippen molar-refractivity contribution in [2.75, 3.05) is 6.54 Å². The number of benzene rings is 1. The molecule has 3 nitrogen and oxygen atoms in total. The maximum atomic E-state index is 4.57. The molecule has 1 aliphatic rings. The molecule has 0 radical (unpaired) electrons. The predicted molar refractivity (Wildman–Crippen MR) is 138 cm³/mol. The zero-order valence-corrected chi connectivity index (χ0v) is 20.9. The Kier molecular flexibility index (Phi) is 5.47. The summed E-state index contributed by atoms with van der Waals surface area (Å²) in [6.45, 7) is 15.6. The quantitative estimate of drug-likeness (QED) is 0.355. The predicted octanol–water partition coefficient (Wildman–Crippen LogP) is 7.47. The van der Waals surface area contributed by atoms with Crippen LogP contribution in [0.15, 0.2) is 36.4 Å². The van der Waals surface area contributed by atoms with Crippen LogP contribution in [0.3, 0.4) is 0 Å². The lowest BCUT2D eigenvalue weighted by Gasteiger charge is -2.29. The second kappa shape index (κ2) is 8.17. The van der Waals surface area contributed by atoms with Gasteiger partial charge in [0.25, 0.3) is 0 Å². The molecular formula is C28H33N3S. The Hall–Kier alpha value is -2.43. The standard InChI is InChI=1S/C28H33N3S/c1-16(2)27-23-13-20(25-14-21-9-10-31(17(3)4)15-26(21)32-25)7-8-24(23)30-28(27)22-11-18(5)29-19(6)12-22/h7-8,11-14,16-17,30H,9-10,15H2,1-6H3. The molecule has 1 aliphatic heterocycles. The first-order valence-corrected chi connectivity index (χ1v) is 12.6. The molecule has 0 fully saturated rings. The van der Waals surface area contributed by atoms with Crippen LogP contribution < -0.4 is 0 Å². The molecule has 0 atom stereocenters. The number of aromatic amines is 1. The fourth-order valence-electron chi connectivity index (χ4n) is 5.09. The van der Waals surface area contributed by atoms with Gasteiger partial charge in [-0.2, -0.15) is 0 Å². The van der Waals surface area contributed by atoms with Gasteiger partial charge in [-0.3, -0.25) is 9.88 Å². The second-order valence-electron chi connectivity index (χ2n) is 9.84. The summed E-state index contributed by atoms with van der Waals surface area (Å²) >= 11 is 1.98. The van der Waals surface area contributed by atoms with Crippen molar-refractivity contribution in [3.05, 3.63) is 63.8 Å². The van der Waals surface area contributed by atoms with Crippen molar-refractivity contribution in [3.63, 3.8) is 0 Å². The maximum absolute atomic E-state index is 4.57. The SMILES string of the molecule is Cc1cc(-c2[nH]c3ccc(-c4cc5c(s4)CN(C(C)C)CC5)cc3c2C(C)C)cc(C)n1. The highest BCUT2D eigenvalue weighted by Gasteiger charge is 2.22. The molecule has 4 heterocycles. The lowest BCUT2D eigenvalue weighted by molar-refractivity contribution is 0.206. The molecule has 0 amide bonds. The van der Waals surface area contributed by atoms with Gasteiger partial charge in [0.2, 0.25) is 0 Å². The minimum atomic E-state index is 0.430. The Morgan fingerprint density at radius 3 is 2.41 bits per heavy atom. The Morgan fingerprint density at radius 1 is 0.969 bits per heavy atom. The number of nitrogens with one attached hydrogen (secondary N) is 1. The van der Waals surface area contributed by atoms with Gasteiger partial charge in [-0.15, -0.1) is 11.3 Å². The van der Waals surface area contributed by atoms with E-state index in [1.807, 2.05) is 11.3 Å². The molecule has 1 N–H and O–H groups in total. The van der Waals surface area contributed by atoms with Crippen molar-refractivity contribution in [2.45, 2.75) is 66.5 Å². The normalized spacial score (nSPS) is 14.6. The van der Waals surface area contributed by atoms with E-state index in [0.29, 0.717) is 12.0 Å². The number of H-pyrrole nitrogens is 1. The monoisotopic (exact) mass is 443 g/mol. The van der Waals surface area contributed by atoms with E-state index in [1.54, 1.807) is 10.4 Å². The third kappa shape index (κ3) is 3.80. The summed E-state index contributed by atoms with van der Waals surface area (Å²) in [4.78, 5) is 13.8. The number of hydrogen-bond acceptors (Lipinski definition) is 3. The average molecular weight is 444 g/mol. The van der Waals surface area contributed by atoms with Crippen LogP contribution in [0.25, 0.3) is 32.6 Å². The van der Waals surface area contributed by atoms with Crippen LogP contribution in [0.1, 0.15) is 61.0 Å². The number of aromatic nitrogens is 2. The van der Waals surface area contributed by atoms with Gasteiger partial charge >= 0.3 is 0 Å². The van der Waals surface area contributed by atoms with Gasteiger partial charge in [-0.1, -0.05) is 19.9 Å². The molecule has 1 aromatic carbocycles. The third-order valence-electron chi connectivity index (χ3n) is 6.71. The molecule has 5 rings (SSSR count). The van der Waals surface area contributed by atoms with Crippen LogP contribution in [0.5, 0.6) is 0 Å². The zero-order valence-electron chi connectivity index (χ0n) is 20.0. The van der Waals surface area contributed by atoms with E-state index in [9.17, 15) is 0 Å². The van der Waals surface area contributed by atoms with E-state index in [1.165, 1.54) is 51.1 Å². The zero-order chi connectivity index (χ0) is 22.6. The highest BCUT2D eigenvalue weighted by molar-refractivity contribution is 7.15. The molecule has 0 saturated heterocycles. The van der Waals surface area contributed by atoms with Crippen LogP contribution in [0.2, 0.25) is 0 Å². The van der Waals surface area contributed by atoms with Gasteiger partial charge in [0, 0.05) is 56.7 Å². The van der Waals surface area contributed by atoms with Crippen molar-refractivity contribution in [1.29, 1.82) is 0 Å². The molecule has 4 heteroatoms. The van der Waals surface area contributed by atoms with Gasteiger partial charge in [0.1, 0.15) is 0 Å².